The second-order valence-corrected chi connectivity index (χ2v) is 3.83. The highest BCUT2D eigenvalue weighted by Gasteiger charge is 1.97. The van der Waals surface area contributed by atoms with Crippen LogP contribution in [0.1, 0.15) is 6.92 Å². The zero-order valence-corrected chi connectivity index (χ0v) is 9.63. The van der Waals surface area contributed by atoms with Gasteiger partial charge >= 0.3 is 0 Å². The smallest absolute Gasteiger partial charge is 0.120 e. The van der Waals surface area contributed by atoms with Crippen molar-refractivity contribution in [3.8, 4) is 5.75 Å². The standard InChI is InChI=1S/C11H17ClN2O/c1-9(8-13)14-5-6-15-11-4-2-3-10(12)7-11/h2-4,7,9,14H,5-6,8,13H2,1H3. The quantitative estimate of drug-likeness (QED) is 0.728. The predicted octanol–water partition coefficient (Wildman–Crippen LogP) is 1.66. The van der Waals surface area contributed by atoms with Gasteiger partial charge in [0.05, 0.1) is 0 Å². The van der Waals surface area contributed by atoms with E-state index in [1.807, 2.05) is 25.1 Å². The third kappa shape index (κ3) is 5.02. The van der Waals surface area contributed by atoms with Crippen LogP contribution < -0.4 is 15.8 Å². The average Bonchev–Trinajstić information content (AvgIpc) is 2.24. The Morgan fingerprint density at radius 2 is 2.33 bits per heavy atom. The highest BCUT2D eigenvalue weighted by molar-refractivity contribution is 6.30. The normalized spacial score (nSPS) is 12.5. The Balaban J connectivity index is 2.20. The van der Waals surface area contributed by atoms with Crippen molar-refractivity contribution in [2.75, 3.05) is 19.7 Å². The summed E-state index contributed by atoms with van der Waals surface area (Å²) in [6.07, 6.45) is 0. The molecule has 0 spiro atoms. The Labute approximate surface area is 95.6 Å². The first-order chi connectivity index (χ1) is 7.22. The molecule has 0 aliphatic carbocycles. The average molecular weight is 229 g/mol. The fraction of sp³-hybridized carbons (Fsp3) is 0.455. The topological polar surface area (TPSA) is 47.3 Å². The minimum Gasteiger partial charge on any atom is -0.492 e. The Morgan fingerprint density at radius 3 is 3.00 bits per heavy atom. The third-order valence-corrected chi connectivity index (χ3v) is 2.25. The molecule has 0 aromatic heterocycles. The van der Waals surface area contributed by atoms with Gasteiger partial charge in [-0.3, -0.25) is 0 Å². The van der Waals surface area contributed by atoms with E-state index in [2.05, 4.69) is 5.32 Å². The first kappa shape index (κ1) is 12.3. The van der Waals surface area contributed by atoms with E-state index in [0.29, 0.717) is 24.2 Å². The Bertz CT molecular complexity index is 294. The van der Waals surface area contributed by atoms with Crippen molar-refractivity contribution in [2.45, 2.75) is 13.0 Å². The van der Waals surface area contributed by atoms with Crippen LogP contribution >= 0.6 is 11.6 Å². The summed E-state index contributed by atoms with van der Waals surface area (Å²) < 4.78 is 5.49. The molecular weight excluding hydrogens is 212 g/mol. The molecule has 1 aromatic rings. The second-order valence-electron chi connectivity index (χ2n) is 3.40. The number of nitrogens with one attached hydrogen (secondary N) is 1. The third-order valence-electron chi connectivity index (χ3n) is 2.01. The number of nitrogens with two attached hydrogens (primary N) is 1. The first-order valence-corrected chi connectivity index (χ1v) is 5.42. The predicted molar refractivity (Wildman–Crippen MR) is 63.5 cm³/mol. The molecule has 1 aromatic carbocycles. The number of hydrogen-bond acceptors (Lipinski definition) is 3. The summed E-state index contributed by atoms with van der Waals surface area (Å²) in [4.78, 5) is 0. The molecule has 3 N–H and O–H groups in total. The van der Waals surface area contributed by atoms with Gasteiger partial charge < -0.3 is 15.8 Å². The molecule has 3 nitrogen and oxygen atoms in total. The van der Waals surface area contributed by atoms with E-state index in [1.54, 1.807) is 6.07 Å². The number of hydrogen-bond donors (Lipinski definition) is 2. The Hall–Kier alpha value is -0.770. The van der Waals surface area contributed by atoms with Crippen LogP contribution in [0.5, 0.6) is 5.75 Å². The Morgan fingerprint density at radius 1 is 1.53 bits per heavy atom. The molecule has 0 aliphatic heterocycles. The lowest BCUT2D eigenvalue weighted by Gasteiger charge is -2.11. The van der Waals surface area contributed by atoms with Gasteiger partial charge in [0, 0.05) is 24.2 Å². The van der Waals surface area contributed by atoms with Crippen molar-refractivity contribution >= 4 is 11.6 Å². The monoisotopic (exact) mass is 228 g/mol. The number of rotatable bonds is 6. The van der Waals surface area contributed by atoms with Crippen molar-refractivity contribution in [1.82, 2.24) is 5.32 Å². The summed E-state index contributed by atoms with van der Waals surface area (Å²) in [5.74, 6) is 0.796. The molecule has 0 aliphatic rings. The molecular formula is C11H17ClN2O. The van der Waals surface area contributed by atoms with Gasteiger partial charge in [-0.05, 0) is 25.1 Å². The first-order valence-electron chi connectivity index (χ1n) is 5.04. The van der Waals surface area contributed by atoms with Gasteiger partial charge in [-0.1, -0.05) is 17.7 Å². The van der Waals surface area contributed by atoms with Crippen molar-refractivity contribution in [3.63, 3.8) is 0 Å². The second kappa shape index (κ2) is 6.67. The molecule has 0 heterocycles. The Kier molecular flexibility index (Phi) is 5.47. The molecule has 0 amide bonds. The van der Waals surface area contributed by atoms with Crippen molar-refractivity contribution in [1.29, 1.82) is 0 Å². The van der Waals surface area contributed by atoms with Crippen molar-refractivity contribution in [2.24, 2.45) is 5.73 Å². The summed E-state index contributed by atoms with van der Waals surface area (Å²) in [6, 6.07) is 7.70. The molecule has 84 valence electrons. The van der Waals surface area contributed by atoms with Gasteiger partial charge in [-0.25, -0.2) is 0 Å². The number of halogens is 1. The zero-order chi connectivity index (χ0) is 11.1. The molecule has 0 radical (unpaired) electrons. The van der Waals surface area contributed by atoms with Crippen LogP contribution in [0, 0.1) is 0 Å². The number of ether oxygens (including phenoxy) is 1. The van der Waals surface area contributed by atoms with E-state index in [4.69, 9.17) is 22.1 Å². The van der Waals surface area contributed by atoms with Crippen LogP contribution in [0.15, 0.2) is 24.3 Å². The molecule has 0 bridgehead atoms. The van der Waals surface area contributed by atoms with Crippen molar-refractivity contribution in [3.05, 3.63) is 29.3 Å². The molecule has 0 saturated carbocycles. The maximum atomic E-state index is 5.82. The van der Waals surface area contributed by atoms with Crippen LogP contribution in [-0.4, -0.2) is 25.7 Å². The van der Waals surface area contributed by atoms with Crippen LogP contribution in [-0.2, 0) is 0 Å². The zero-order valence-electron chi connectivity index (χ0n) is 8.87. The maximum Gasteiger partial charge on any atom is 0.120 e. The fourth-order valence-corrected chi connectivity index (χ4v) is 1.29. The summed E-state index contributed by atoms with van der Waals surface area (Å²) in [5.41, 5.74) is 5.46. The highest BCUT2D eigenvalue weighted by atomic mass is 35.5. The van der Waals surface area contributed by atoms with Gasteiger partial charge in [-0.15, -0.1) is 0 Å². The van der Waals surface area contributed by atoms with E-state index < -0.39 is 0 Å². The van der Waals surface area contributed by atoms with Crippen LogP contribution in [0.25, 0.3) is 0 Å². The summed E-state index contributed by atoms with van der Waals surface area (Å²) >= 11 is 5.82. The molecule has 0 fully saturated rings. The van der Waals surface area contributed by atoms with E-state index in [0.717, 1.165) is 12.3 Å². The number of benzene rings is 1. The van der Waals surface area contributed by atoms with E-state index in [1.165, 1.54) is 0 Å². The molecule has 1 atom stereocenters. The largest absolute Gasteiger partial charge is 0.492 e. The van der Waals surface area contributed by atoms with Crippen LogP contribution in [0.2, 0.25) is 5.02 Å². The van der Waals surface area contributed by atoms with Crippen LogP contribution in [0.3, 0.4) is 0 Å². The maximum absolute atomic E-state index is 5.82. The molecule has 0 saturated heterocycles. The van der Waals surface area contributed by atoms with Crippen LogP contribution in [0.4, 0.5) is 0 Å². The van der Waals surface area contributed by atoms with Gasteiger partial charge in [0.25, 0.3) is 0 Å². The fourth-order valence-electron chi connectivity index (χ4n) is 1.11. The van der Waals surface area contributed by atoms with Gasteiger partial charge in [0.15, 0.2) is 0 Å². The molecule has 4 heteroatoms. The van der Waals surface area contributed by atoms with E-state index in [-0.39, 0.29) is 0 Å². The highest BCUT2D eigenvalue weighted by Crippen LogP contribution is 2.16. The lowest BCUT2D eigenvalue weighted by Crippen LogP contribution is -2.35. The summed E-state index contributed by atoms with van der Waals surface area (Å²) in [6.45, 7) is 4.08. The minimum absolute atomic E-state index is 0.327. The molecule has 15 heavy (non-hydrogen) atoms. The molecule has 1 rings (SSSR count). The van der Waals surface area contributed by atoms with Crippen molar-refractivity contribution < 1.29 is 4.74 Å². The lowest BCUT2D eigenvalue weighted by atomic mass is 10.3. The molecule has 1 unspecified atom stereocenters. The van der Waals surface area contributed by atoms with Gasteiger partial charge in [0.2, 0.25) is 0 Å². The van der Waals surface area contributed by atoms with E-state index >= 15 is 0 Å². The van der Waals surface area contributed by atoms with Gasteiger partial charge in [0.1, 0.15) is 12.4 Å². The lowest BCUT2D eigenvalue weighted by molar-refractivity contribution is 0.307. The van der Waals surface area contributed by atoms with Gasteiger partial charge in [-0.2, -0.15) is 0 Å². The minimum atomic E-state index is 0.327. The summed E-state index contributed by atoms with van der Waals surface area (Å²) in [7, 11) is 0. The van der Waals surface area contributed by atoms with E-state index in [9.17, 15) is 0 Å². The summed E-state index contributed by atoms with van der Waals surface area (Å²) in [5, 5.41) is 3.92. The SMILES string of the molecule is CC(CN)NCCOc1cccc(Cl)c1.